The summed E-state index contributed by atoms with van der Waals surface area (Å²) in [6.07, 6.45) is 0.553. The Morgan fingerprint density at radius 1 is 1.10 bits per heavy atom. The number of hydrogen-bond donors (Lipinski definition) is 2. The van der Waals surface area contributed by atoms with Gasteiger partial charge in [-0.05, 0) is 31.3 Å². The molecule has 0 aliphatic carbocycles. The summed E-state index contributed by atoms with van der Waals surface area (Å²) in [5, 5.41) is 5.99. The van der Waals surface area contributed by atoms with Crippen molar-refractivity contribution in [3.8, 4) is 0 Å². The van der Waals surface area contributed by atoms with Gasteiger partial charge in [0.15, 0.2) is 0 Å². The van der Waals surface area contributed by atoms with E-state index in [2.05, 4.69) is 27.5 Å². The Balaban J connectivity index is 1.72. The summed E-state index contributed by atoms with van der Waals surface area (Å²) in [7, 11) is 4.02. The minimum atomic E-state index is 0.0844. The number of rotatable bonds is 5. The van der Waals surface area contributed by atoms with Crippen LogP contribution in [0.1, 0.15) is 6.42 Å². The van der Waals surface area contributed by atoms with E-state index in [-0.39, 0.29) is 5.91 Å². The summed E-state index contributed by atoms with van der Waals surface area (Å²) in [6, 6.07) is 7.74. The van der Waals surface area contributed by atoms with Gasteiger partial charge in [-0.1, -0.05) is 0 Å². The first kappa shape index (κ1) is 14.8. The van der Waals surface area contributed by atoms with Crippen molar-refractivity contribution < 1.29 is 4.79 Å². The van der Waals surface area contributed by atoms with Gasteiger partial charge in [-0.15, -0.1) is 0 Å². The van der Waals surface area contributed by atoms with Crippen molar-refractivity contribution in [3.05, 3.63) is 24.3 Å². The molecule has 0 aromatic heterocycles. The van der Waals surface area contributed by atoms with E-state index in [1.165, 1.54) is 0 Å². The Kier molecular flexibility index (Phi) is 5.38. The van der Waals surface area contributed by atoms with Crippen LogP contribution in [-0.2, 0) is 4.79 Å². The Hall–Kier alpha value is -1.59. The second-order valence-corrected chi connectivity index (χ2v) is 5.27. The highest BCUT2D eigenvalue weighted by Gasteiger charge is 2.14. The van der Waals surface area contributed by atoms with E-state index in [4.69, 9.17) is 0 Å². The lowest BCUT2D eigenvalue weighted by molar-refractivity contribution is -0.116. The zero-order valence-electron chi connectivity index (χ0n) is 12.4. The quantitative estimate of drug-likeness (QED) is 0.851. The largest absolute Gasteiger partial charge is 0.388 e. The van der Waals surface area contributed by atoms with E-state index in [9.17, 15) is 4.79 Å². The smallest absolute Gasteiger partial charge is 0.225 e. The summed E-state index contributed by atoms with van der Waals surface area (Å²) in [4.78, 5) is 16.6. The maximum atomic E-state index is 11.9. The molecule has 1 aliphatic heterocycles. The van der Waals surface area contributed by atoms with Crippen LogP contribution in [0.4, 0.5) is 11.4 Å². The number of carbonyl (C=O) groups excluding carboxylic acids is 1. The maximum Gasteiger partial charge on any atom is 0.225 e. The van der Waals surface area contributed by atoms with Crippen molar-refractivity contribution in [3.63, 3.8) is 0 Å². The molecule has 2 N–H and O–H groups in total. The van der Waals surface area contributed by atoms with Gasteiger partial charge in [0, 0.05) is 57.6 Å². The minimum absolute atomic E-state index is 0.0844. The molecule has 1 saturated heterocycles. The van der Waals surface area contributed by atoms with Crippen molar-refractivity contribution in [2.24, 2.45) is 0 Å². The fourth-order valence-electron chi connectivity index (χ4n) is 2.27. The van der Waals surface area contributed by atoms with Crippen LogP contribution in [0.25, 0.3) is 0 Å². The van der Waals surface area contributed by atoms with Crippen LogP contribution < -0.4 is 10.6 Å². The highest BCUT2D eigenvalue weighted by molar-refractivity contribution is 5.90. The van der Waals surface area contributed by atoms with Crippen LogP contribution in [0.15, 0.2) is 24.3 Å². The van der Waals surface area contributed by atoms with E-state index in [0.29, 0.717) is 6.42 Å². The minimum Gasteiger partial charge on any atom is -0.388 e. The highest BCUT2D eigenvalue weighted by atomic mass is 16.1. The highest BCUT2D eigenvalue weighted by Crippen LogP contribution is 2.13. The molecular formula is C15H24N4O. The second-order valence-electron chi connectivity index (χ2n) is 5.27. The van der Waals surface area contributed by atoms with Gasteiger partial charge in [0.05, 0.1) is 0 Å². The average molecular weight is 276 g/mol. The first-order valence-corrected chi connectivity index (χ1v) is 7.16. The van der Waals surface area contributed by atoms with Crippen LogP contribution in [-0.4, -0.2) is 62.5 Å². The van der Waals surface area contributed by atoms with Crippen LogP contribution in [0.5, 0.6) is 0 Å². The van der Waals surface area contributed by atoms with Crippen molar-refractivity contribution in [1.82, 2.24) is 9.80 Å². The average Bonchev–Trinajstić information content (AvgIpc) is 2.47. The molecule has 1 aromatic carbocycles. The predicted octanol–water partition coefficient (Wildman–Crippen LogP) is 1.30. The number of nitrogens with one attached hydrogen (secondary N) is 2. The number of nitrogens with zero attached hydrogens (tertiary/aromatic N) is 2. The van der Waals surface area contributed by atoms with Crippen molar-refractivity contribution >= 4 is 17.3 Å². The lowest BCUT2D eigenvalue weighted by Crippen LogP contribution is -2.45. The molecule has 5 heteroatoms. The van der Waals surface area contributed by atoms with E-state index < -0.39 is 0 Å². The molecule has 0 unspecified atom stereocenters. The Morgan fingerprint density at radius 3 is 2.30 bits per heavy atom. The second kappa shape index (κ2) is 7.26. The molecule has 0 saturated carbocycles. The molecule has 0 atom stereocenters. The summed E-state index contributed by atoms with van der Waals surface area (Å²) in [5.41, 5.74) is 1.90. The van der Waals surface area contributed by atoms with Crippen molar-refractivity contribution in [1.29, 1.82) is 0 Å². The number of amides is 1. The van der Waals surface area contributed by atoms with Gasteiger partial charge >= 0.3 is 0 Å². The zero-order valence-corrected chi connectivity index (χ0v) is 12.4. The van der Waals surface area contributed by atoms with Gasteiger partial charge in [0.1, 0.15) is 0 Å². The predicted molar refractivity (Wildman–Crippen MR) is 83.2 cm³/mol. The summed E-state index contributed by atoms with van der Waals surface area (Å²) < 4.78 is 0. The Morgan fingerprint density at radius 2 is 1.70 bits per heavy atom. The van der Waals surface area contributed by atoms with Crippen molar-refractivity contribution in [2.45, 2.75) is 6.42 Å². The van der Waals surface area contributed by atoms with Crippen LogP contribution in [0.2, 0.25) is 0 Å². The molecule has 110 valence electrons. The molecular weight excluding hydrogens is 252 g/mol. The van der Waals surface area contributed by atoms with Gasteiger partial charge in [-0.3, -0.25) is 4.79 Å². The SMILES string of the molecule is CNc1ccc(NC(=O)CCN2CCN(C)CC2)cc1. The first-order valence-electron chi connectivity index (χ1n) is 7.16. The number of piperazine rings is 1. The van der Waals surface area contributed by atoms with Gasteiger partial charge in [0.2, 0.25) is 5.91 Å². The molecule has 2 rings (SSSR count). The van der Waals surface area contributed by atoms with Crippen LogP contribution in [0.3, 0.4) is 0 Å². The van der Waals surface area contributed by atoms with E-state index >= 15 is 0 Å². The number of hydrogen-bond acceptors (Lipinski definition) is 4. The molecule has 0 spiro atoms. The molecule has 1 heterocycles. The van der Waals surface area contributed by atoms with Gasteiger partial charge in [-0.2, -0.15) is 0 Å². The first-order chi connectivity index (χ1) is 9.67. The molecule has 0 radical (unpaired) electrons. The molecule has 1 amide bonds. The fourth-order valence-corrected chi connectivity index (χ4v) is 2.27. The topological polar surface area (TPSA) is 47.6 Å². The Labute approximate surface area is 120 Å². The summed E-state index contributed by atoms with van der Waals surface area (Å²) in [5.74, 6) is 0.0844. The van der Waals surface area contributed by atoms with Crippen LogP contribution >= 0.6 is 0 Å². The normalized spacial score (nSPS) is 16.9. The maximum absolute atomic E-state index is 11.9. The number of benzene rings is 1. The van der Waals surface area contributed by atoms with Gasteiger partial charge in [0.25, 0.3) is 0 Å². The fraction of sp³-hybridized carbons (Fsp3) is 0.533. The third-order valence-corrected chi connectivity index (χ3v) is 3.71. The number of likely N-dealkylation sites (N-methyl/N-ethyl adjacent to an activating group) is 1. The summed E-state index contributed by atoms with van der Waals surface area (Å²) in [6.45, 7) is 5.13. The Bertz CT molecular complexity index is 424. The number of carbonyl (C=O) groups is 1. The zero-order chi connectivity index (χ0) is 14.4. The third kappa shape index (κ3) is 4.51. The third-order valence-electron chi connectivity index (χ3n) is 3.71. The van der Waals surface area contributed by atoms with E-state index in [0.717, 1.165) is 44.1 Å². The molecule has 0 bridgehead atoms. The van der Waals surface area contributed by atoms with Gasteiger partial charge < -0.3 is 20.4 Å². The lowest BCUT2D eigenvalue weighted by atomic mass is 10.2. The van der Waals surface area contributed by atoms with E-state index in [1.807, 2.05) is 31.3 Å². The monoisotopic (exact) mass is 276 g/mol. The van der Waals surface area contributed by atoms with Crippen molar-refractivity contribution in [2.75, 3.05) is 57.5 Å². The van der Waals surface area contributed by atoms with Crippen LogP contribution in [0, 0.1) is 0 Å². The van der Waals surface area contributed by atoms with E-state index in [1.54, 1.807) is 0 Å². The number of anilines is 2. The standard InChI is InChI=1S/C15H24N4O/c1-16-13-3-5-14(6-4-13)17-15(20)7-8-19-11-9-18(2)10-12-19/h3-6,16H,7-12H2,1-2H3,(H,17,20). The molecule has 5 nitrogen and oxygen atoms in total. The molecule has 20 heavy (non-hydrogen) atoms. The molecule has 1 aliphatic rings. The van der Waals surface area contributed by atoms with Gasteiger partial charge in [-0.25, -0.2) is 0 Å². The lowest BCUT2D eigenvalue weighted by Gasteiger charge is -2.32. The molecule has 1 aromatic rings. The molecule has 1 fully saturated rings. The summed E-state index contributed by atoms with van der Waals surface area (Å²) >= 11 is 0.